The predicted octanol–water partition coefficient (Wildman–Crippen LogP) is 8.99. The number of hydrogen-bond acceptors (Lipinski definition) is 18. The smallest absolute Gasteiger partial charge is 0.407 e. The Labute approximate surface area is 649 Å². The number of hydrogen-bond donors (Lipinski definition) is 5. The molecule has 2 saturated heterocycles. The van der Waals surface area contributed by atoms with Gasteiger partial charge in [0, 0.05) is 110 Å². The first kappa shape index (κ1) is 89.9. The number of alkyl carbamates (subject to hydrolysis) is 1. The Morgan fingerprint density at radius 1 is 0.734 bits per heavy atom. The molecule has 6 rings (SSSR count). The third kappa shape index (κ3) is 26.4. The number of imide groups is 1. The van der Waals surface area contributed by atoms with E-state index in [1.165, 1.54) is 30.9 Å². The van der Waals surface area contributed by atoms with Crippen molar-refractivity contribution in [3.05, 3.63) is 83.4 Å². The fourth-order valence-electron chi connectivity index (χ4n) is 15.4. The van der Waals surface area contributed by atoms with Crippen LogP contribution in [0.15, 0.2) is 66.7 Å². The van der Waals surface area contributed by atoms with Gasteiger partial charge in [-0.2, -0.15) is 0 Å². The zero-order chi connectivity index (χ0) is 80.6. The van der Waals surface area contributed by atoms with Crippen molar-refractivity contribution in [2.45, 2.75) is 232 Å². The molecule has 3 aromatic carbocycles. The van der Waals surface area contributed by atoms with E-state index in [4.69, 9.17) is 19.9 Å². The Morgan fingerprint density at radius 3 is 2.00 bits per heavy atom. The summed E-state index contributed by atoms with van der Waals surface area (Å²) in [5, 5.41) is 12.7. The number of unbranched alkanes of at least 4 members (excludes halogenated alkanes) is 3. The number of rotatable bonds is 48. The molecule has 3 aliphatic rings. The number of amides is 9. The third-order valence-electron chi connectivity index (χ3n) is 22.3. The van der Waals surface area contributed by atoms with Gasteiger partial charge in [-0.3, -0.25) is 67.3 Å². The van der Waals surface area contributed by atoms with Crippen LogP contribution < -0.4 is 27.0 Å². The number of ketones is 4. The summed E-state index contributed by atoms with van der Waals surface area (Å²) < 4.78 is 18.1. The fourth-order valence-corrected chi connectivity index (χ4v) is 16.9. The second kappa shape index (κ2) is 43.0. The van der Waals surface area contributed by atoms with Gasteiger partial charge in [0.05, 0.1) is 66.6 Å². The number of thioether (sulfide) groups is 1. The molecule has 25 nitrogen and oxygen atoms in total. The Bertz CT molecular complexity index is 3630. The van der Waals surface area contributed by atoms with Gasteiger partial charge in [0.1, 0.15) is 12.4 Å². The van der Waals surface area contributed by atoms with Gasteiger partial charge >= 0.3 is 6.09 Å². The number of nitrogens with zero attached hydrogens (tertiary/aromatic N) is 4. The highest BCUT2D eigenvalue weighted by molar-refractivity contribution is 8.00. The Morgan fingerprint density at radius 2 is 1.39 bits per heavy atom. The first-order chi connectivity index (χ1) is 51.7. The molecule has 12 atom stereocenters. The van der Waals surface area contributed by atoms with Gasteiger partial charge in [-0.25, -0.2) is 4.79 Å². The second-order valence-corrected chi connectivity index (χ2v) is 33.0. The summed E-state index contributed by atoms with van der Waals surface area (Å²) in [6.07, 6.45) is 3.11. The number of carbonyl (C=O) groups excluding carboxylic acids is 13. The number of likely N-dealkylation sites (N-methyl/N-ethyl adjacent to an activating group) is 2. The minimum atomic E-state index is -0.953. The quantitative estimate of drug-likeness (QED) is 0.0200. The van der Waals surface area contributed by atoms with Gasteiger partial charge in [0.15, 0.2) is 17.3 Å². The third-order valence-corrected chi connectivity index (χ3v) is 23.9. The molecule has 6 N–H and O–H groups in total. The molecule has 1 saturated carbocycles. The van der Waals surface area contributed by atoms with Gasteiger partial charge in [0.25, 0.3) is 0 Å². The highest BCUT2D eigenvalue weighted by Crippen LogP contribution is 2.52. The molecule has 602 valence electrons. The number of primary amides is 1. The van der Waals surface area contributed by atoms with Crippen LogP contribution in [-0.4, -0.2) is 212 Å². The van der Waals surface area contributed by atoms with Gasteiger partial charge in [0.2, 0.25) is 47.3 Å². The van der Waals surface area contributed by atoms with E-state index >= 15 is 4.79 Å². The zero-order valence-electron chi connectivity index (χ0n) is 67.1. The number of nitrogens with two attached hydrogens (primary N) is 1. The van der Waals surface area contributed by atoms with Gasteiger partial charge in [-0.1, -0.05) is 142 Å². The molecule has 0 spiro atoms. The number of Topliss-reactive ketones (excluding diaryl/α,β-unsaturated/α-hetero) is 4. The summed E-state index contributed by atoms with van der Waals surface area (Å²) in [6, 6.07) is 16.3. The predicted molar refractivity (Wildman–Crippen MR) is 419 cm³/mol. The molecule has 109 heavy (non-hydrogen) atoms. The molecular formula is C83H123N9O16S. The van der Waals surface area contributed by atoms with Crippen LogP contribution in [0, 0.1) is 46.8 Å². The number of benzene rings is 3. The summed E-state index contributed by atoms with van der Waals surface area (Å²) in [4.78, 5) is 183. The van der Waals surface area contributed by atoms with E-state index in [9.17, 15) is 57.5 Å². The summed E-state index contributed by atoms with van der Waals surface area (Å²) >= 11 is 1.45. The van der Waals surface area contributed by atoms with Crippen LogP contribution in [0.25, 0.3) is 10.8 Å². The summed E-state index contributed by atoms with van der Waals surface area (Å²) in [5.41, 5.74) is 6.92. The largest absolute Gasteiger partial charge is 0.445 e. The van der Waals surface area contributed by atoms with Crippen molar-refractivity contribution in [3.8, 4) is 0 Å². The lowest BCUT2D eigenvalue weighted by Crippen LogP contribution is -2.54. The van der Waals surface area contributed by atoms with Gasteiger partial charge < -0.3 is 51.0 Å². The van der Waals surface area contributed by atoms with Crippen molar-refractivity contribution >= 4 is 99.0 Å². The van der Waals surface area contributed by atoms with Crippen LogP contribution in [0.5, 0.6) is 0 Å². The molecule has 3 aromatic rings. The lowest BCUT2D eigenvalue weighted by atomic mass is 9.83. The van der Waals surface area contributed by atoms with Crippen molar-refractivity contribution in [1.29, 1.82) is 0 Å². The minimum absolute atomic E-state index is 0.0132. The standard InChI is InChI=1S/C83H123N9O16S/c1-16-53(8)76(90(13)80(103)63(51(4)5)42-67(95)75(52(6)7)89(11)12)69(106-14)43-73(99)92-47-60(40-65(92)77(107-15)54(9)78(101)86-46-68(96)59-34-33-57-24-19-20-25-58(57)39-59)87-82(105)108-48-56-31-29-55(30-32-56)38-66(94)64(27-21-22-28-71(84)97)88-79(102)62(50(2)3)41-61(93)26-18-17-23-37-91-74(100)44-70(81(91)104)109-49-83(35-36-83)45-72(98)85-10/h19-20,24-25,29-34,39,50-54,60,62-65,69-70,75-77H,16-18,21-23,26-28,35-38,40-49H2,1-15H3,(H2,84,97)(H,85,98)(H,86,101)(H,87,105)(H,88,102)/t53-,54+,60-,62-,63-,64-,65-,69+,70?,75-,76-,77+/m0/s1. The Kier molecular flexibility index (Phi) is 35.5. The average molecular weight is 1540 g/mol. The molecule has 0 aromatic heterocycles. The second-order valence-electron chi connectivity index (χ2n) is 31.8. The number of fused-ring (bicyclic) bond motifs is 1. The molecule has 0 radical (unpaired) electrons. The first-order valence-corrected chi connectivity index (χ1v) is 40.1. The van der Waals surface area contributed by atoms with Crippen LogP contribution in [0.1, 0.15) is 193 Å². The van der Waals surface area contributed by atoms with Crippen LogP contribution in [0.4, 0.5) is 4.79 Å². The number of likely N-dealkylation sites (tertiary alicyclic amines) is 2. The first-order valence-electron chi connectivity index (χ1n) is 39.1. The molecular weight excluding hydrogens is 1410 g/mol. The molecule has 3 fully saturated rings. The number of nitrogens with one attached hydrogen (secondary N) is 4. The van der Waals surface area contributed by atoms with Crippen LogP contribution in [0.2, 0.25) is 0 Å². The Hall–Kier alpha value is -7.94. The highest BCUT2D eigenvalue weighted by atomic mass is 32.2. The molecule has 2 heterocycles. The summed E-state index contributed by atoms with van der Waals surface area (Å²) in [6.45, 7) is 16.8. The lowest BCUT2D eigenvalue weighted by Gasteiger charge is -2.41. The van der Waals surface area contributed by atoms with Crippen LogP contribution >= 0.6 is 11.8 Å². The maximum atomic E-state index is 15.2. The van der Waals surface area contributed by atoms with E-state index in [-0.39, 0.29) is 166 Å². The maximum Gasteiger partial charge on any atom is 0.407 e. The lowest BCUT2D eigenvalue weighted by molar-refractivity contribution is -0.149. The van der Waals surface area contributed by atoms with Gasteiger partial charge in [-0.15, -0.1) is 11.8 Å². The molecule has 9 amide bonds. The molecule has 0 bridgehead atoms. The topological polar surface area (TPSA) is 337 Å². The van der Waals surface area contributed by atoms with Crippen LogP contribution in [-0.2, 0) is 80.0 Å². The molecule has 26 heteroatoms. The summed E-state index contributed by atoms with van der Waals surface area (Å²) in [5.74, 6) is -5.60. The number of carbonyl (C=O) groups is 13. The minimum Gasteiger partial charge on any atom is -0.445 e. The van der Waals surface area contributed by atoms with Crippen LogP contribution in [0.3, 0.4) is 0 Å². The van der Waals surface area contributed by atoms with E-state index in [2.05, 4.69) is 21.3 Å². The number of methoxy groups -OCH3 is 2. The van der Waals surface area contributed by atoms with Crippen molar-refractivity contribution < 1.29 is 76.5 Å². The average Bonchev–Trinajstić information content (AvgIpc) is 1.70. The molecule has 1 unspecified atom stereocenters. The molecule has 2 aliphatic heterocycles. The van der Waals surface area contributed by atoms with E-state index in [0.717, 1.165) is 23.6 Å². The number of ether oxygens (including phenoxy) is 3. The van der Waals surface area contributed by atoms with Crippen molar-refractivity contribution in [2.75, 3.05) is 67.8 Å². The maximum absolute atomic E-state index is 15.2. The van der Waals surface area contributed by atoms with E-state index in [1.54, 1.807) is 67.2 Å². The fraction of sp³-hybridized carbons (Fsp3) is 0.651. The normalized spacial score (nSPS) is 18.7. The SMILES string of the molecule is CC[C@H](C)[C@@H]([C@@H](CC(=O)N1C[C@@H](NC(=O)OCc2ccc(CC(=O)[C@H](CCCCC(N)=O)NC(=O)[C@@H](CC(=O)CCCCCN3C(=O)CC(SCC4(CC(=O)NC)CC4)C3=O)C(C)C)cc2)C[C@H]1[C@H](OC)[C@@H](C)C(=O)NCC(=O)c1ccc2ccccc2c1)OC)N(C)C(=O)[C@@H](CC(=O)[C@H](C(C)C)N(C)C)C(C)C. The van der Waals surface area contributed by atoms with E-state index < -0.39 is 89.1 Å². The van der Waals surface area contributed by atoms with Crippen molar-refractivity contribution in [1.82, 2.24) is 40.9 Å². The highest BCUT2D eigenvalue weighted by Gasteiger charge is 2.49. The van der Waals surface area contributed by atoms with Gasteiger partial charge in [-0.05, 0) is 116 Å². The summed E-state index contributed by atoms with van der Waals surface area (Å²) in [7, 11) is 9.94. The zero-order valence-corrected chi connectivity index (χ0v) is 67.9. The van der Waals surface area contributed by atoms with Crippen molar-refractivity contribution in [3.63, 3.8) is 0 Å². The monoisotopic (exact) mass is 1530 g/mol. The van der Waals surface area contributed by atoms with E-state index in [1.807, 2.05) is 105 Å². The Balaban J connectivity index is 1.09. The molecule has 1 aliphatic carbocycles. The van der Waals surface area contributed by atoms with Crippen molar-refractivity contribution in [2.24, 2.45) is 52.6 Å². The van der Waals surface area contributed by atoms with E-state index in [0.29, 0.717) is 67.4 Å².